The van der Waals surface area contributed by atoms with E-state index >= 15 is 0 Å². The number of hydrogen-bond donors (Lipinski definition) is 2. The highest BCUT2D eigenvalue weighted by atomic mass is 16.5. The van der Waals surface area contributed by atoms with E-state index in [9.17, 15) is 9.59 Å². The molecule has 0 fully saturated rings. The SMILES string of the molecule is CNC(=O)c1ccc(-n2[nH]cc(-c3ccnc(OC)c3)c2=O)nc1. The maximum Gasteiger partial charge on any atom is 0.280 e. The van der Waals surface area contributed by atoms with Crippen LogP contribution in [0.1, 0.15) is 10.4 Å². The number of H-pyrrole nitrogens is 1. The molecule has 0 aliphatic rings. The molecular formula is C16H15N5O3. The Hall–Kier alpha value is -3.42. The Morgan fingerprint density at radius 3 is 2.79 bits per heavy atom. The number of carbonyl (C=O) groups excluding carboxylic acids is 1. The van der Waals surface area contributed by atoms with Gasteiger partial charge in [-0.05, 0) is 23.8 Å². The number of rotatable bonds is 4. The maximum atomic E-state index is 12.6. The minimum Gasteiger partial charge on any atom is -0.481 e. The van der Waals surface area contributed by atoms with Crippen LogP contribution in [0.5, 0.6) is 5.88 Å². The molecule has 3 heterocycles. The summed E-state index contributed by atoms with van der Waals surface area (Å²) < 4.78 is 6.37. The van der Waals surface area contributed by atoms with Gasteiger partial charge in [0.05, 0.1) is 18.2 Å². The smallest absolute Gasteiger partial charge is 0.280 e. The second-order valence-electron chi connectivity index (χ2n) is 4.90. The van der Waals surface area contributed by atoms with Gasteiger partial charge in [0.15, 0.2) is 5.82 Å². The van der Waals surface area contributed by atoms with E-state index < -0.39 is 0 Å². The van der Waals surface area contributed by atoms with Crippen LogP contribution in [0, 0.1) is 0 Å². The first-order valence-electron chi connectivity index (χ1n) is 7.13. The summed E-state index contributed by atoms with van der Waals surface area (Å²) in [6, 6.07) is 6.60. The molecule has 0 atom stereocenters. The lowest BCUT2D eigenvalue weighted by molar-refractivity contribution is 0.0962. The van der Waals surface area contributed by atoms with Gasteiger partial charge >= 0.3 is 0 Å². The van der Waals surface area contributed by atoms with E-state index in [0.717, 1.165) is 0 Å². The van der Waals surface area contributed by atoms with Gasteiger partial charge in [0.25, 0.3) is 11.5 Å². The van der Waals surface area contributed by atoms with Crippen molar-refractivity contribution in [3.05, 3.63) is 58.8 Å². The maximum absolute atomic E-state index is 12.6. The van der Waals surface area contributed by atoms with Crippen LogP contribution >= 0.6 is 0 Å². The molecule has 0 radical (unpaired) electrons. The largest absolute Gasteiger partial charge is 0.481 e. The number of aromatic amines is 1. The molecule has 0 aliphatic heterocycles. The summed E-state index contributed by atoms with van der Waals surface area (Å²) in [5.74, 6) is 0.574. The summed E-state index contributed by atoms with van der Waals surface area (Å²) in [5.41, 5.74) is 1.31. The molecule has 2 N–H and O–H groups in total. The quantitative estimate of drug-likeness (QED) is 0.745. The molecule has 1 amide bonds. The number of pyridine rings is 2. The van der Waals surface area contributed by atoms with Gasteiger partial charge in [0, 0.05) is 31.7 Å². The van der Waals surface area contributed by atoms with Crippen molar-refractivity contribution in [2.24, 2.45) is 0 Å². The van der Waals surface area contributed by atoms with Gasteiger partial charge in [-0.1, -0.05) is 0 Å². The van der Waals surface area contributed by atoms with Crippen LogP contribution in [0.2, 0.25) is 0 Å². The van der Waals surface area contributed by atoms with E-state index in [1.807, 2.05) is 0 Å². The van der Waals surface area contributed by atoms with E-state index in [0.29, 0.717) is 28.4 Å². The molecular weight excluding hydrogens is 310 g/mol. The fraction of sp³-hybridized carbons (Fsp3) is 0.125. The molecule has 8 nitrogen and oxygen atoms in total. The molecule has 8 heteroatoms. The van der Waals surface area contributed by atoms with Crippen LogP contribution in [0.15, 0.2) is 47.7 Å². The van der Waals surface area contributed by atoms with Crippen molar-refractivity contribution >= 4 is 5.91 Å². The van der Waals surface area contributed by atoms with Crippen molar-refractivity contribution in [2.45, 2.75) is 0 Å². The van der Waals surface area contributed by atoms with Crippen LogP contribution in [-0.2, 0) is 0 Å². The summed E-state index contributed by atoms with van der Waals surface area (Å²) in [4.78, 5) is 32.3. The molecule has 3 rings (SSSR count). The average molecular weight is 325 g/mol. The molecule has 0 saturated carbocycles. The minimum absolute atomic E-state index is 0.238. The van der Waals surface area contributed by atoms with Crippen molar-refractivity contribution in [1.82, 2.24) is 25.1 Å². The van der Waals surface area contributed by atoms with Crippen molar-refractivity contribution < 1.29 is 9.53 Å². The van der Waals surface area contributed by atoms with Gasteiger partial charge in [-0.3, -0.25) is 14.7 Å². The van der Waals surface area contributed by atoms with Crippen molar-refractivity contribution in [2.75, 3.05) is 14.2 Å². The standard InChI is InChI=1S/C16H15N5O3/c1-17-15(22)11-3-4-13(19-8-11)21-16(23)12(9-20-21)10-5-6-18-14(7-10)24-2/h3-9,20H,1-2H3,(H,17,22). The summed E-state index contributed by atoms with van der Waals surface area (Å²) >= 11 is 0. The molecule has 0 unspecified atom stereocenters. The van der Waals surface area contributed by atoms with Crippen LogP contribution in [0.3, 0.4) is 0 Å². The average Bonchev–Trinajstić information content (AvgIpc) is 3.02. The zero-order valence-electron chi connectivity index (χ0n) is 13.1. The third-order valence-electron chi connectivity index (χ3n) is 3.49. The first-order valence-corrected chi connectivity index (χ1v) is 7.13. The topological polar surface area (TPSA) is 102 Å². The predicted molar refractivity (Wildman–Crippen MR) is 87.4 cm³/mol. The Morgan fingerprint density at radius 1 is 1.29 bits per heavy atom. The van der Waals surface area contributed by atoms with E-state index in [1.165, 1.54) is 18.0 Å². The Kier molecular flexibility index (Phi) is 4.11. The third-order valence-corrected chi connectivity index (χ3v) is 3.49. The van der Waals surface area contributed by atoms with Crippen LogP contribution in [0.4, 0.5) is 0 Å². The number of nitrogens with zero attached hydrogens (tertiary/aromatic N) is 3. The second kappa shape index (κ2) is 6.37. The first kappa shape index (κ1) is 15.5. The Bertz CT molecular complexity index is 927. The van der Waals surface area contributed by atoms with Gasteiger partial charge in [0.2, 0.25) is 5.88 Å². The number of carbonyl (C=O) groups is 1. The second-order valence-corrected chi connectivity index (χ2v) is 4.90. The highest BCUT2D eigenvalue weighted by Gasteiger charge is 2.12. The zero-order valence-corrected chi connectivity index (χ0v) is 13.1. The van der Waals surface area contributed by atoms with Gasteiger partial charge < -0.3 is 10.1 Å². The molecule has 3 aromatic rings. The lowest BCUT2D eigenvalue weighted by Crippen LogP contribution is -2.20. The number of hydrogen-bond acceptors (Lipinski definition) is 5. The van der Waals surface area contributed by atoms with Crippen molar-refractivity contribution in [1.29, 1.82) is 0 Å². The van der Waals surface area contributed by atoms with Crippen LogP contribution in [0.25, 0.3) is 16.9 Å². The van der Waals surface area contributed by atoms with Gasteiger partial charge in [-0.15, -0.1) is 0 Å². The molecule has 3 aromatic heterocycles. The Labute approximate surface area is 137 Å². The summed E-state index contributed by atoms with van der Waals surface area (Å²) in [7, 11) is 3.06. The number of aromatic nitrogens is 4. The number of ether oxygens (including phenoxy) is 1. The molecule has 24 heavy (non-hydrogen) atoms. The molecule has 0 aliphatic carbocycles. The lowest BCUT2D eigenvalue weighted by atomic mass is 10.1. The summed E-state index contributed by atoms with van der Waals surface area (Å²) in [6.45, 7) is 0. The highest BCUT2D eigenvalue weighted by Crippen LogP contribution is 2.19. The normalized spacial score (nSPS) is 10.4. The fourth-order valence-corrected chi connectivity index (χ4v) is 2.23. The van der Waals surface area contributed by atoms with Crippen molar-refractivity contribution in [3.63, 3.8) is 0 Å². The molecule has 0 aromatic carbocycles. The monoisotopic (exact) mass is 325 g/mol. The third kappa shape index (κ3) is 2.76. The van der Waals surface area contributed by atoms with Gasteiger partial charge in [-0.25, -0.2) is 14.6 Å². The van der Waals surface area contributed by atoms with E-state index in [4.69, 9.17) is 4.74 Å². The number of methoxy groups -OCH3 is 1. The molecule has 0 saturated heterocycles. The summed E-state index contributed by atoms with van der Waals surface area (Å²) in [6.07, 6.45) is 4.57. The van der Waals surface area contributed by atoms with Crippen molar-refractivity contribution in [3.8, 4) is 22.8 Å². The molecule has 0 bridgehead atoms. The summed E-state index contributed by atoms with van der Waals surface area (Å²) in [5, 5.41) is 5.38. The van der Waals surface area contributed by atoms with E-state index in [2.05, 4.69) is 20.4 Å². The zero-order chi connectivity index (χ0) is 17.1. The fourth-order valence-electron chi connectivity index (χ4n) is 2.23. The van der Waals surface area contributed by atoms with Gasteiger partial charge in [-0.2, -0.15) is 0 Å². The predicted octanol–water partition coefficient (Wildman–Crippen LogP) is 0.991. The van der Waals surface area contributed by atoms with Gasteiger partial charge in [0.1, 0.15) is 0 Å². The first-order chi connectivity index (χ1) is 11.6. The van der Waals surface area contributed by atoms with Crippen LogP contribution < -0.4 is 15.6 Å². The minimum atomic E-state index is -0.261. The lowest BCUT2D eigenvalue weighted by Gasteiger charge is -2.03. The van der Waals surface area contributed by atoms with E-state index in [-0.39, 0.29) is 11.5 Å². The molecule has 122 valence electrons. The Balaban J connectivity index is 1.98. The van der Waals surface area contributed by atoms with Crippen LogP contribution in [-0.4, -0.2) is 39.8 Å². The molecule has 0 spiro atoms. The number of amides is 1. The Morgan fingerprint density at radius 2 is 2.12 bits per heavy atom. The number of nitrogens with one attached hydrogen (secondary N) is 2. The highest BCUT2D eigenvalue weighted by molar-refractivity contribution is 5.93. The van der Waals surface area contributed by atoms with E-state index in [1.54, 1.807) is 43.7 Å².